The van der Waals surface area contributed by atoms with E-state index in [9.17, 15) is 13.2 Å². The van der Waals surface area contributed by atoms with Crippen LogP contribution >= 0.6 is 0 Å². The molecule has 0 N–H and O–H groups in total. The van der Waals surface area contributed by atoms with Crippen LogP contribution in [-0.4, -0.2) is 43.8 Å². The predicted molar refractivity (Wildman–Crippen MR) is 69.7 cm³/mol. The van der Waals surface area contributed by atoms with Gasteiger partial charge in [0.1, 0.15) is 5.69 Å². The van der Waals surface area contributed by atoms with Gasteiger partial charge in [-0.2, -0.15) is 0 Å². The van der Waals surface area contributed by atoms with Gasteiger partial charge in [0.15, 0.2) is 15.6 Å². The van der Waals surface area contributed by atoms with Crippen molar-refractivity contribution in [3.63, 3.8) is 0 Å². The van der Waals surface area contributed by atoms with Crippen LogP contribution in [0, 0.1) is 0 Å². The Morgan fingerprint density at radius 2 is 2.00 bits per heavy atom. The van der Waals surface area contributed by atoms with Gasteiger partial charge in [0.25, 0.3) is 0 Å². The first-order valence-electron chi connectivity index (χ1n) is 5.96. The molecule has 98 valence electrons. The first kappa shape index (κ1) is 13.0. The first-order valence-corrected chi connectivity index (χ1v) is 7.78. The SMILES string of the molecule is CCC(=O)c1ccc(N2CCS(=O)(=O)CC2)cn1. The van der Waals surface area contributed by atoms with E-state index in [0.29, 0.717) is 25.2 Å². The van der Waals surface area contributed by atoms with E-state index in [-0.39, 0.29) is 17.3 Å². The minimum Gasteiger partial charge on any atom is -0.368 e. The number of sulfone groups is 1. The highest BCUT2D eigenvalue weighted by Gasteiger charge is 2.21. The highest BCUT2D eigenvalue weighted by atomic mass is 32.2. The molecular formula is C12H16N2O3S. The Hall–Kier alpha value is -1.43. The molecule has 0 aliphatic carbocycles. The molecule has 1 fully saturated rings. The lowest BCUT2D eigenvalue weighted by atomic mass is 10.2. The van der Waals surface area contributed by atoms with Crippen molar-refractivity contribution in [3.05, 3.63) is 24.0 Å². The number of nitrogens with zero attached hydrogens (tertiary/aromatic N) is 2. The summed E-state index contributed by atoms with van der Waals surface area (Å²) in [4.78, 5) is 17.5. The van der Waals surface area contributed by atoms with E-state index in [4.69, 9.17) is 0 Å². The van der Waals surface area contributed by atoms with Crippen LogP contribution in [0.1, 0.15) is 23.8 Å². The predicted octanol–water partition coefficient (Wildman–Crippen LogP) is 0.909. The van der Waals surface area contributed by atoms with Gasteiger partial charge in [-0.1, -0.05) is 6.92 Å². The fraction of sp³-hybridized carbons (Fsp3) is 0.500. The van der Waals surface area contributed by atoms with Crippen LogP contribution in [0.3, 0.4) is 0 Å². The number of Topliss-reactive ketones (excluding diaryl/α,β-unsaturated/α-hetero) is 1. The van der Waals surface area contributed by atoms with Crippen LogP contribution in [0.25, 0.3) is 0 Å². The molecular weight excluding hydrogens is 252 g/mol. The Morgan fingerprint density at radius 3 is 2.50 bits per heavy atom. The second-order valence-corrected chi connectivity index (χ2v) is 6.62. The van der Waals surface area contributed by atoms with Crippen molar-refractivity contribution in [1.29, 1.82) is 0 Å². The molecule has 0 bridgehead atoms. The third-order valence-electron chi connectivity index (χ3n) is 3.06. The molecule has 18 heavy (non-hydrogen) atoms. The second kappa shape index (κ2) is 5.06. The molecule has 0 aromatic carbocycles. The van der Waals surface area contributed by atoms with E-state index in [2.05, 4.69) is 4.98 Å². The van der Waals surface area contributed by atoms with Gasteiger partial charge in [-0.05, 0) is 12.1 Å². The summed E-state index contributed by atoms with van der Waals surface area (Å²) in [6, 6.07) is 3.53. The lowest BCUT2D eigenvalue weighted by Crippen LogP contribution is -2.40. The molecule has 1 saturated heterocycles. The van der Waals surface area contributed by atoms with Gasteiger partial charge < -0.3 is 4.90 Å². The van der Waals surface area contributed by atoms with Crippen LogP contribution in [0.5, 0.6) is 0 Å². The van der Waals surface area contributed by atoms with E-state index in [0.717, 1.165) is 5.69 Å². The van der Waals surface area contributed by atoms with E-state index in [1.165, 1.54) is 0 Å². The molecule has 5 nitrogen and oxygen atoms in total. The van der Waals surface area contributed by atoms with Gasteiger partial charge >= 0.3 is 0 Å². The number of pyridine rings is 1. The zero-order chi connectivity index (χ0) is 13.2. The molecule has 2 heterocycles. The molecule has 1 aromatic heterocycles. The van der Waals surface area contributed by atoms with Crippen molar-refractivity contribution in [2.24, 2.45) is 0 Å². The highest BCUT2D eigenvalue weighted by Crippen LogP contribution is 2.16. The normalized spacial score (nSPS) is 18.6. The number of hydrogen-bond acceptors (Lipinski definition) is 5. The maximum atomic E-state index is 11.4. The zero-order valence-electron chi connectivity index (χ0n) is 10.3. The number of hydrogen-bond donors (Lipinski definition) is 0. The average Bonchev–Trinajstić information content (AvgIpc) is 2.38. The van der Waals surface area contributed by atoms with Gasteiger partial charge in [0.2, 0.25) is 0 Å². The molecule has 0 unspecified atom stereocenters. The van der Waals surface area contributed by atoms with Crippen molar-refractivity contribution in [2.75, 3.05) is 29.5 Å². The number of carbonyl (C=O) groups is 1. The Balaban J connectivity index is 2.09. The fourth-order valence-electron chi connectivity index (χ4n) is 1.89. The van der Waals surface area contributed by atoms with Crippen molar-refractivity contribution in [2.45, 2.75) is 13.3 Å². The monoisotopic (exact) mass is 268 g/mol. The largest absolute Gasteiger partial charge is 0.368 e. The van der Waals surface area contributed by atoms with Crippen LogP contribution in [-0.2, 0) is 9.84 Å². The molecule has 2 rings (SSSR count). The Morgan fingerprint density at radius 1 is 1.33 bits per heavy atom. The molecule has 6 heteroatoms. The van der Waals surface area contributed by atoms with Crippen molar-refractivity contribution in [1.82, 2.24) is 4.98 Å². The van der Waals surface area contributed by atoms with Gasteiger partial charge in [0.05, 0.1) is 23.4 Å². The summed E-state index contributed by atoms with van der Waals surface area (Å²) in [7, 11) is -2.87. The van der Waals surface area contributed by atoms with E-state index < -0.39 is 9.84 Å². The summed E-state index contributed by atoms with van der Waals surface area (Å²) in [5, 5.41) is 0. The summed E-state index contributed by atoms with van der Waals surface area (Å²) in [6.45, 7) is 2.78. The molecule has 0 atom stereocenters. The molecule has 1 aliphatic heterocycles. The number of rotatable bonds is 3. The van der Waals surface area contributed by atoms with E-state index in [1.807, 2.05) is 11.0 Å². The maximum absolute atomic E-state index is 11.4. The lowest BCUT2D eigenvalue weighted by molar-refractivity contribution is 0.0983. The lowest BCUT2D eigenvalue weighted by Gasteiger charge is -2.28. The van der Waals surface area contributed by atoms with Gasteiger partial charge in [-0.25, -0.2) is 8.42 Å². The smallest absolute Gasteiger partial charge is 0.180 e. The van der Waals surface area contributed by atoms with Crippen LogP contribution in [0.4, 0.5) is 5.69 Å². The summed E-state index contributed by atoms with van der Waals surface area (Å²) >= 11 is 0. The van der Waals surface area contributed by atoms with Crippen molar-refractivity contribution < 1.29 is 13.2 Å². The maximum Gasteiger partial charge on any atom is 0.180 e. The molecule has 1 aliphatic rings. The Labute approximate surface area is 107 Å². The number of anilines is 1. The minimum absolute atomic E-state index is 0.0165. The van der Waals surface area contributed by atoms with Crippen molar-refractivity contribution >= 4 is 21.3 Å². The number of ketones is 1. The summed E-state index contributed by atoms with van der Waals surface area (Å²) < 4.78 is 22.6. The van der Waals surface area contributed by atoms with Crippen LogP contribution < -0.4 is 4.90 Å². The van der Waals surface area contributed by atoms with Crippen molar-refractivity contribution in [3.8, 4) is 0 Å². The number of aromatic nitrogens is 1. The van der Waals surface area contributed by atoms with Crippen LogP contribution in [0.2, 0.25) is 0 Å². The molecule has 0 spiro atoms. The zero-order valence-corrected chi connectivity index (χ0v) is 11.1. The third-order valence-corrected chi connectivity index (χ3v) is 4.67. The molecule has 0 saturated carbocycles. The number of carbonyl (C=O) groups excluding carboxylic acids is 1. The minimum atomic E-state index is -2.87. The molecule has 1 aromatic rings. The summed E-state index contributed by atoms with van der Waals surface area (Å²) in [5.41, 5.74) is 1.34. The summed E-state index contributed by atoms with van der Waals surface area (Å²) in [6.07, 6.45) is 2.08. The quantitative estimate of drug-likeness (QED) is 0.762. The topological polar surface area (TPSA) is 67.3 Å². The molecule has 0 amide bonds. The molecule has 0 radical (unpaired) electrons. The Kier molecular flexibility index (Phi) is 3.65. The van der Waals surface area contributed by atoms with Gasteiger partial charge in [-0.15, -0.1) is 0 Å². The Bertz CT molecular complexity index is 523. The third kappa shape index (κ3) is 2.87. The fourth-order valence-corrected chi connectivity index (χ4v) is 3.09. The van der Waals surface area contributed by atoms with E-state index in [1.54, 1.807) is 19.2 Å². The average molecular weight is 268 g/mol. The van der Waals surface area contributed by atoms with Gasteiger partial charge in [-0.3, -0.25) is 9.78 Å². The second-order valence-electron chi connectivity index (χ2n) is 4.32. The van der Waals surface area contributed by atoms with Gasteiger partial charge in [0, 0.05) is 19.5 Å². The highest BCUT2D eigenvalue weighted by molar-refractivity contribution is 7.91. The standard InChI is InChI=1S/C12H16N2O3S/c1-2-12(15)11-4-3-10(9-13-11)14-5-7-18(16,17)8-6-14/h3-4,9H,2,5-8H2,1H3. The van der Waals surface area contributed by atoms with E-state index >= 15 is 0 Å². The van der Waals surface area contributed by atoms with Crippen LogP contribution in [0.15, 0.2) is 18.3 Å². The summed E-state index contributed by atoms with van der Waals surface area (Å²) in [5.74, 6) is 0.383. The first-order chi connectivity index (χ1) is 8.52.